The molecule has 0 saturated heterocycles. The van der Waals surface area contributed by atoms with E-state index in [1.807, 2.05) is 62.5 Å². The average Bonchev–Trinajstić information content (AvgIpc) is 3.36. The number of hydrogen-bond acceptors (Lipinski definition) is 5. The minimum Gasteiger partial charge on any atom is -0.326 e. The molecule has 4 rings (SSSR count). The van der Waals surface area contributed by atoms with Crippen LogP contribution in [0.1, 0.15) is 42.4 Å². The van der Waals surface area contributed by atoms with Gasteiger partial charge in [0.15, 0.2) is 5.65 Å². The minimum atomic E-state index is -0.0900. The second kappa shape index (κ2) is 7.84. The lowest BCUT2D eigenvalue weighted by atomic mass is 9.92. The van der Waals surface area contributed by atoms with Gasteiger partial charge < -0.3 is 5.32 Å². The highest BCUT2D eigenvalue weighted by molar-refractivity contribution is 7.12. The van der Waals surface area contributed by atoms with Crippen LogP contribution in [-0.2, 0) is 4.79 Å². The highest BCUT2D eigenvalue weighted by Crippen LogP contribution is 2.26. The molecule has 0 aliphatic heterocycles. The molecule has 0 saturated carbocycles. The van der Waals surface area contributed by atoms with Gasteiger partial charge in [-0.25, -0.2) is 9.50 Å². The first-order valence-electron chi connectivity index (χ1n) is 9.63. The highest BCUT2D eigenvalue weighted by atomic mass is 32.1. The molecule has 3 heterocycles. The van der Waals surface area contributed by atoms with Gasteiger partial charge in [0.05, 0.1) is 22.3 Å². The first-order valence-corrected chi connectivity index (χ1v) is 10.5. The predicted octanol–water partition coefficient (Wildman–Crippen LogP) is 5.06. The van der Waals surface area contributed by atoms with Crippen molar-refractivity contribution in [2.45, 2.75) is 27.2 Å². The quantitative estimate of drug-likeness (QED) is 0.460. The molecule has 7 heteroatoms. The second-order valence-corrected chi connectivity index (χ2v) is 9.24. The lowest BCUT2D eigenvalue weighted by molar-refractivity contribution is -0.117. The maximum absolute atomic E-state index is 12.8. The van der Waals surface area contributed by atoms with Crippen LogP contribution in [0.3, 0.4) is 0 Å². The summed E-state index contributed by atoms with van der Waals surface area (Å²) in [7, 11) is 0. The molecule has 0 radical (unpaired) electrons. The summed E-state index contributed by atoms with van der Waals surface area (Å²) in [6.45, 7) is 6.09. The van der Waals surface area contributed by atoms with Crippen LogP contribution in [0, 0.1) is 5.41 Å². The number of carbonyl (C=O) groups excluding carboxylic acids is 2. The molecule has 0 aliphatic carbocycles. The van der Waals surface area contributed by atoms with Crippen LogP contribution >= 0.6 is 11.3 Å². The Labute approximate surface area is 178 Å². The Morgan fingerprint density at radius 1 is 1.13 bits per heavy atom. The number of aromatic nitrogens is 3. The zero-order valence-corrected chi connectivity index (χ0v) is 17.9. The van der Waals surface area contributed by atoms with Crippen molar-refractivity contribution in [1.29, 1.82) is 0 Å². The van der Waals surface area contributed by atoms with Crippen molar-refractivity contribution in [3.63, 3.8) is 0 Å². The normalized spacial score (nSPS) is 11.6. The van der Waals surface area contributed by atoms with E-state index in [0.29, 0.717) is 28.2 Å². The molecule has 3 aromatic heterocycles. The molecule has 0 unspecified atom stereocenters. The Balaban J connectivity index is 1.67. The molecule has 6 nitrogen and oxygen atoms in total. The Morgan fingerprint density at radius 3 is 2.70 bits per heavy atom. The molecule has 0 atom stereocenters. The number of ketones is 1. The smallest absolute Gasteiger partial charge is 0.224 e. The number of nitrogens with one attached hydrogen (secondary N) is 1. The van der Waals surface area contributed by atoms with Gasteiger partial charge in [0.1, 0.15) is 0 Å². The van der Waals surface area contributed by atoms with Crippen molar-refractivity contribution in [3.05, 3.63) is 70.7 Å². The van der Waals surface area contributed by atoms with Crippen molar-refractivity contribution in [3.8, 4) is 11.3 Å². The number of hydrogen-bond donors (Lipinski definition) is 1. The second-order valence-electron chi connectivity index (χ2n) is 8.30. The van der Waals surface area contributed by atoms with Crippen LogP contribution in [-0.4, -0.2) is 26.3 Å². The average molecular weight is 419 g/mol. The number of fused-ring (bicyclic) bond motifs is 1. The predicted molar refractivity (Wildman–Crippen MR) is 119 cm³/mol. The first-order chi connectivity index (χ1) is 14.3. The van der Waals surface area contributed by atoms with Crippen LogP contribution in [0.5, 0.6) is 0 Å². The summed E-state index contributed by atoms with van der Waals surface area (Å²) < 4.78 is 1.66. The van der Waals surface area contributed by atoms with E-state index in [4.69, 9.17) is 0 Å². The third-order valence-corrected chi connectivity index (χ3v) is 5.39. The zero-order chi connectivity index (χ0) is 21.3. The Kier molecular flexibility index (Phi) is 5.22. The van der Waals surface area contributed by atoms with E-state index in [9.17, 15) is 9.59 Å². The summed E-state index contributed by atoms with van der Waals surface area (Å²) in [5.41, 5.74) is 3.27. The number of benzene rings is 1. The summed E-state index contributed by atoms with van der Waals surface area (Å²) in [4.78, 5) is 30.1. The third kappa shape index (κ3) is 4.16. The van der Waals surface area contributed by atoms with Gasteiger partial charge in [0.2, 0.25) is 11.7 Å². The Morgan fingerprint density at radius 2 is 1.97 bits per heavy atom. The summed E-state index contributed by atoms with van der Waals surface area (Å²) in [6.07, 6.45) is 3.66. The van der Waals surface area contributed by atoms with E-state index in [1.165, 1.54) is 11.3 Å². The van der Waals surface area contributed by atoms with Crippen molar-refractivity contribution >= 4 is 34.4 Å². The van der Waals surface area contributed by atoms with Gasteiger partial charge in [-0.05, 0) is 35.1 Å². The van der Waals surface area contributed by atoms with Crippen molar-refractivity contribution in [1.82, 2.24) is 14.6 Å². The first kappa shape index (κ1) is 20.0. The van der Waals surface area contributed by atoms with Gasteiger partial charge in [-0.15, -0.1) is 11.3 Å². The Bertz CT molecular complexity index is 1220. The molecule has 152 valence electrons. The summed E-state index contributed by atoms with van der Waals surface area (Å²) in [6, 6.07) is 13.1. The number of thiophene rings is 1. The molecule has 1 aromatic carbocycles. The molecule has 1 amide bonds. The van der Waals surface area contributed by atoms with E-state index in [0.717, 1.165) is 11.3 Å². The molecule has 30 heavy (non-hydrogen) atoms. The molecule has 4 aromatic rings. The number of anilines is 1. The minimum absolute atomic E-state index is 0.0255. The fourth-order valence-electron chi connectivity index (χ4n) is 3.25. The summed E-state index contributed by atoms with van der Waals surface area (Å²) >= 11 is 1.40. The van der Waals surface area contributed by atoms with Crippen molar-refractivity contribution < 1.29 is 9.59 Å². The van der Waals surface area contributed by atoms with Crippen LogP contribution in [0.25, 0.3) is 16.9 Å². The van der Waals surface area contributed by atoms with E-state index in [2.05, 4.69) is 15.4 Å². The number of amides is 1. The van der Waals surface area contributed by atoms with Gasteiger partial charge >= 0.3 is 0 Å². The van der Waals surface area contributed by atoms with Crippen molar-refractivity contribution in [2.75, 3.05) is 5.32 Å². The van der Waals surface area contributed by atoms with E-state index >= 15 is 0 Å². The monoisotopic (exact) mass is 418 g/mol. The SMILES string of the molecule is CC(C)(C)CC(=O)Nc1cccc(-c2ccnc3c(C(=O)c4cccs4)cnn23)c1. The van der Waals surface area contributed by atoms with Gasteiger partial charge in [-0.2, -0.15) is 5.10 Å². The van der Waals surface area contributed by atoms with Gasteiger partial charge in [0.25, 0.3) is 0 Å². The van der Waals surface area contributed by atoms with Crippen LogP contribution in [0.2, 0.25) is 0 Å². The van der Waals surface area contributed by atoms with Gasteiger partial charge in [-0.3, -0.25) is 9.59 Å². The third-order valence-electron chi connectivity index (χ3n) is 4.52. The molecular weight excluding hydrogens is 396 g/mol. The fourth-order valence-corrected chi connectivity index (χ4v) is 3.93. The fraction of sp³-hybridized carbons (Fsp3) is 0.217. The molecule has 0 spiro atoms. The molecule has 0 fully saturated rings. The number of carbonyl (C=O) groups is 2. The van der Waals surface area contributed by atoms with Crippen LogP contribution < -0.4 is 5.32 Å². The molecule has 0 aliphatic rings. The maximum atomic E-state index is 12.8. The molecule has 1 N–H and O–H groups in total. The van der Waals surface area contributed by atoms with E-state index < -0.39 is 0 Å². The maximum Gasteiger partial charge on any atom is 0.224 e. The van der Waals surface area contributed by atoms with Crippen LogP contribution in [0.15, 0.2) is 60.2 Å². The van der Waals surface area contributed by atoms with E-state index in [1.54, 1.807) is 23.0 Å². The summed E-state index contributed by atoms with van der Waals surface area (Å²) in [5, 5.41) is 9.25. The topological polar surface area (TPSA) is 76.4 Å². The number of rotatable bonds is 5. The standard InChI is InChI=1S/C23H22N4O2S/c1-23(2,3)13-20(28)26-16-7-4-6-15(12-16)18-9-10-24-22-17(14-25-27(18)22)21(29)19-8-5-11-30-19/h4-12,14H,13H2,1-3H3,(H,26,28). The van der Waals surface area contributed by atoms with Gasteiger partial charge in [0, 0.05) is 23.9 Å². The highest BCUT2D eigenvalue weighted by Gasteiger charge is 2.19. The Hall–Kier alpha value is -3.32. The van der Waals surface area contributed by atoms with Crippen LogP contribution in [0.4, 0.5) is 5.69 Å². The largest absolute Gasteiger partial charge is 0.326 e. The number of nitrogens with zero attached hydrogens (tertiary/aromatic N) is 3. The summed E-state index contributed by atoms with van der Waals surface area (Å²) in [5.74, 6) is -0.115. The zero-order valence-electron chi connectivity index (χ0n) is 17.0. The lowest BCUT2D eigenvalue weighted by Gasteiger charge is -2.17. The van der Waals surface area contributed by atoms with Crippen molar-refractivity contribution in [2.24, 2.45) is 5.41 Å². The van der Waals surface area contributed by atoms with Gasteiger partial charge in [-0.1, -0.05) is 39.0 Å². The molecule has 0 bridgehead atoms. The van der Waals surface area contributed by atoms with E-state index in [-0.39, 0.29) is 17.1 Å². The lowest BCUT2D eigenvalue weighted by Crippen LogP contribution is -2.19. The molecular formula is C23H22N4O2S.